The van der Waals surface area contributed by atoms with Crippen molar-refractivity contribution >= 4 is 11.9 Å². The van der Waals surface area contributed by atoms with Crippen molar-refractivity contribution in [3.05, 3.63) is 85.0 Å². The summed E-state index contributed by atoms with van der Waals surface area (Å²) in [6.45, 7) is 6.98. The van der Waals surface area contributed by atoms with Crippen LogP contribution in [0.3, 0.4) is 0 Å². The summed E-state index contributed by atoms with van der Waals surface area (Å²) in [4.78, 5) is 22.2. The molecular formula is C20H18O5. The molecule has 0 saturated heterocycles. The SMILES string of the molecule is C=CC(=O)OCc1cccc(Oc2cccc(COC(=O)C=C)c2)c1. The highest BCUT2D eigenvalue weighted by Crippen LogP contribution is 2.23. The highest BCUT2D eigenvalue weighted by molar-refractivity contribution is 5.81. The van der Waals surface area contributed by atoms with Gasteiger partial charge in [0.25, 0.3) is 0 Å². The lowest BCUT2D eigenvalue weighted by molar-refractivity contribution is -0.139. The highest BCUT2D eigenvalue weighted by Gasteiger charge is 2.04. The fourth-order valence-electron chi connectivity index (χ4n) is 1.96. The van der Waals surface area contributed by atoms with E-state index < -0.39 is 11.9 Å². The third kappa shape index (κ3) is 5.99. The molecule has 0 aliphatic carbocycles. The summed E-state index contributed by atoms with van der Waals surface area (Å²) in [5.41, 5.74) is 1.59. The molecule has 0 radical (unpaired) electrons. The van der Waals surface area contributed by atoms with Crippen LogP contribution in [-0.4, -0.2) is 11.9 Å². The average molecular weight is 338 g/mol. The number of esters is 2. The zero-order valence-corrected chi connectivity index (χ0v) is 13.6. The van der Waals surface area contributed by atoms with E-state index in [1.807, 2.05) is 24.3 Å². The fourth-order valence-corrected chi connectivity index (χ4v) is 1.96. The molecule has 2 aromatic carbocycles. The molecule has 128 valence electrons. The first-order valence-corrected chi connectivity index (χ1v) is 7.55. The molecule has 2 aromatic rings. The van der Waals surface area contributed by atoms with Crippen LogP contribution < -0.4 is 4.74 Å². The van der Waals surface area contributed by atoms with Crippen LogP contribution >= 0.6 is 0 Å². The predicted molar refractivity (Wildman–Crippen MR) is 92.9 cm³/mol. The van der Waals surface area contributed by atoms with E-state index in [1.54, 1.807) is 24.3 Å². The third-order valence-electron chi connectivity index (χ3n) is 3.13. The Hall–Kier alpha value is -3.34. The lowest BCUT2D eigenvalue weighted by Gasteiger charge is -2.09. The quantitative estimate of drug-likeness (QED) is 0.539. The molecule has 0 atom stereocenters. The van der Waals surface area contributed by atoms with Crippen LogP contribution in [0.4, 0.5) is 0 Å². The lowest BCUT2D eigenvalue weighted by Crippen LogP contribution is -2.00. The van der Waals surface area contributed by atoms with Crippen molar-refractivity contribution in [3.63, 3.8) is 0 Å². The summed E-state index contributed by atoms with van der Waals surface area (Å²) in [5, 5.41) is 0. The van der Waals surface area contributed by atoms with Crippen LogP contribution in [0.15, 0.2) is 73.8 Å². The van der Waals surface area contributed by atoms with Gasteiger partial charge in [0.15, 0.2) is 0 Å². The van der Waals surface area contributed by atoms with Gasteiger partial charge in [-0.1, -0.05) is 37.4 Å². The van der Waals surface area contributed by atoms with E-state index in [1.165, 1.54) is 0 Å². The van der Waals surface area contributed by atoms with Crippen molar-refractivity contribution in [2.75, 3.05) is 0 Å². The van der Waals surface area contributed by atoms with E-state index in [4.69, 9.17) is 14.2 Å². The summed E-state index contributed by atoms with van der Waals surface area (Å²) >= 11 is 0. The minimum atomic E-state index is -0.479. The lowest BCUT2D eigenvalue weighted by atomic mass is 10.2. The van der Waals surface area contributed by atoms with Gasteiger partial charge in [-0.2, -0.15) is 0 Å². The Kier molecular flexibility index (Phi) is 6.54. The molecule has 0 spiro atoms. The van der Waals surface area contributed by atoms with Crippen LogP contribution in [-0.2, 0) is 32.3 Å². The van der Waals surface area contributed by atoms with Gasteiger partial charge in [0, 0.05) is 12.2 Å². The molecule has 5 heteroatoms. The standard InChI is InChI=1S/C20H18O5/c1-3-19(21)23-13-15-7-5-9-17(11-15)25-18-10-6-8-16(12-18)14-24-20(22)4-2/h3-12H,1-2,13-14H2. The number of hydrogen-bond acceptors (Lipinski definition) is 5. The molecule has 0 saturated carbocycles. The molecule has 0 amide bonds. The van der Waals surface area contributed by atoms with Gasteiger partial charge in [0.1, 0.15) is 24.7 Å². The maximum Gasteiger partial charge on any atom is 0.330 e. The van der Waals surface area contributed by atoms with Crippen LogP contribution in [0.5, 0.6) is 11.5 Å². The molecule has 25 heavy (non-hydrogen) atoms. The minimum Gasteiger partial charge on any atom is -0.458 e. The molecule has 0 N–H and O–H groups in total. The van der Waals surface area contributed by atoms with E-state index in [2.05, 4.69) is 13.2 Å². The van der Waals surface area contributed by atoms with Crippen LogP contribution in [0, 0.1) is 0 Å². The van der Waals surface area contributed by atoms with Crippen LogP contribution in [0.1, 0.15) is 11.1 Å². The van der Waals surface area contributed by atoms with Gasteiger partial charge in [-0.15, -0.1) is 0 Å². The van der Waals surface area contributed by atoms with Crippen molar-refractivity contribution in [1.29, 1.82) is 0 Å². The van der Waals surface area contributed by atoms with Gasteiger partial charge < -0.3 is 14.2 Å². The van der Waals surface area contributed by atoms with Crippen molar-refractivity contribution in [2.45, 2.75) is 13.2 Å². The van der Waals surface area contributed by atoms with Gasteiger partial charge in [0.05, 0.1) is 0 Å². The fraction of sp³-hybridized carbons (Fsp3) is 0.100. The zero-order chi connectivity index (χ0) is 18.1. The normalized spacial score (nSPS) is 9.76. The molecule has 0 aromatic heterocycles. The largest absolute Gasteiger partial charge is 0.458 e. The monoisotopic (exact) mass is 338 g/mol. The number of carbonyl (C=O) groups is 2. The molecule has 0 heterocycles. The highest BCUT2D eigenvalue weighted by atomic mass is 16.5. The molecule has 0 unspecified atom stereocenters. The molecule has 0 aliphatic rings. The smallest absolute Gasteiger partial charge is 0.330 e. The van der Waals surface area contributed by atoms with Crippen molar-refractivity contribution < 1.29 is 23.8 Å². The first-order chi connectivity index (χ1) is 12.1. The second-order valence-corrected chi connectivity index (χ2v) is 5.02. The number of hydrogen-bond donors (Lipinski definition) is 0. The van der Waals surface area contributed by atoms with Crippen molar-refractivity contribution in [2.24, 2.45) is 0 Å². The van der Waals surface area contributed by atoms with Crippen molar-refractivity contribution in [3.8, 4) is 11.5 Å². The average Bonchev–Trinajstić information content (AvgIpc) is 2.64. The topological polar surface area (TPSA) is 61.8 Å². The number of benzene rings is 2. The summed E-state index contributed by atoms with van der Waals surface area (Å²) < 4.78 is 15.8. The first-order valence-electron chi connectivity index (χ1n) is 7.55. The summed E-state index contributed by atoms with van der Waals surface area (Å²) in [7, 11) is 0. The van der Waals surface area contributed by atoms with E-state index in [0.717, 1.165) is 23.3 Å². The molecule has 0 aliphatic heterocycles. The van der Waals surface area contributed by atoms with E-state index in [-0.39, 0.29) is 13.2 Å². The Labute approximate surface area is 146 Å². The zero-order valence-electron chi connectivity index (χ0n) is 13.6. The van der Waals surface area contributed by atoms with Crippen molar-refractivity contribution in [1.82, 2.24) is 0 Å². The second kappa shape index (κ2) is 9.08. The van der Waals surface area contributed by atoms with Gasteiger partial charge in [-0.05, 0) is 35.4 Å². The minimum absolute atomic E-state index is 0.138. The van der Waals surface area contributed by atoms with Gasteiger partial charge in [-0.25, -0.2) is 9.59 Å². The second-order valence-electron chi connectivity index (χ2n) is 5.02. The molecule has 2 rings (SSSR count). The molecule has 0 fully saturated rings. The van der Waals surface area contributed by atoms with Gasteiger partial charge in [0.2, 0.25) is 0 Å². The maximum atomic E-state index is 11.1. The summed E-state index contributed by atoms with van der Waals surface area (Å²) in [6, 6.07) is 14.4. The first kappa shape index (κ1) is 18.0. The number of ether oxygens (including phenoxy) is 3. The third-order valence-corrected chi connectivity index (χ3v) is 3.13. The Morgan fingerprint density at radius 2 is 1.24 bits per heavy atom. The van der Waals surface area contributed by atoms with Gasteiger partial charge in [-0.3, -0.25) is 0 Å². The molecule has 0 bridgehead atoms. The maximum absolute atomic E-state index is 11.1. The van der Waals surface area contributed by atoms with E-state index in [0.29, 0.717) is 11.5 Å². The Morgan fingerprint density at radius 1 is 0.800 bits per heavy atom. The Bertz CT molecular complexity index is 714. The predicted octanol–water partition coefficient (Wildman–Crippen LogP) is 3.94. The van der Waals surface area contributed by atoms with Gasteiger partial charge >= 0.3 is 11.9 Å². The Morgan fingerprint density at radius 3 is 1.64 bits per heavy atom. The van der Waals surface area contributed by atoms with Crippen LogP contribution in [0.25, 0.3) is 0 Å². The Balaban J connectivity index is 2.01. The van der Waals surface area contributed by atoms with E-state index >= 15 is 0 Å². The molecule has 5 nitrogen and oxygen atoms in total. The summed E-state index contributed by atoms with van der Waals surface area (Å²) in [6.07, 6.45) is 2.23. The molecular weight excluding hydrogens is 320 g/mol. The van der Waals surface area contributed by atoms with Crippen LogP contribution in [0.2, 0.25) is 0 Å². The summed E-state index contributed by atoms with van der Waals surface area (Å²) in [5.74, 6) is 0.251. The number of rotatable bonds is 8. The number of carbonyl (C=O) groups excluding carboxylic acids is 2. The van der Waals surface area contributed by atoms with E-state index in [9.17, 15) is 9.59 Å².